The van der Waals surface area contributed by atoms with Crippen LogP contribution in [0.25, 0.3) is 0 Å². The molecule has 1 rings (SSSR count). The van der Waals surface area contributed by atoms with Gasteiger partial charge in [-0.3, -0.25) is 4.79 Å². The molecule has 0 bridgehead atoms. The minimum atomic E-state index is -0.494. The maximum atomic E-state index is 11.6. The molecule has 0 aliphatic rings. The van der Waals surface area contributed by atoms with Crippen molar-refractivity contribution in [3.05, 3.63) is 23.8 Å². The molecular weight excluding hydrogens is 246 g/mol. The second-order valence-electron chi connectivity index (χ2n) is 4.41. The number of hydrogen-bond donors (Lipinski definition) is 1. The molecule has 19 heavy (non-hydrogen) atoms. The van der Waals surface area contributed by atoms with E-state index in [0.29, 0.717) is 11.3 Å². The lowest BCUT2D eigenvalue weighted by Crippen LogP contribution is -2.34. The van der Waals surface area contributed by atoms with Crippen molar-refractivity contribution in [2.75, 3.05) is 45.4 Å². The third kappa shape index (κ3) is 3.61. The average molecular weight is 265 g/mol. The van der Waals surface area contributed by atoms with Crippen molar-refractivity contribution in [1.29, 1.82) is 0 Å². The van der Waals surface area contributed by atoms with Crippen LogP contribution >= 0.6 is 0 Å². The first-order valence-corrected chi connectivity index (χ1v) is 5.76. The standard InChI is InChI=1S/C13H19N3O3/c1-15(2)12(17)8-16(3)9-5-6-11(14)10(7-9)13(18)19-4/h5-7H,8,14H2,1-4H3. The van der Waals surface area contributed by atoms with Gasteiger partial charge in [-0.05, 0) is 18.2 Å². The van der Waals surface area contributed by atoms with Gasteiger partial charge < -0.3 is 20.3 Å². The number of benzene rings is 1. The zero-order valence-electron chi connectivity index (χ0n) is 11.6. The number of amides is 1. The molecule has 2 N–H and O–H groups in total. The number of nitrogen functional groups attached to an aromatic ring is 1. The molecule has 0 saturated carbocycles. The Bertz CT molecular complexity index is 486. The lowest BCUT2D eigenvalue weighted by Gasteiger charge is -2.21. The maximum Gasteiger partial charge on any atom is 0.340 e. The van der Waals surface area contributed by atoms with Gasteiger partial charge in [0.1, 0.15) is 0 Å². The number of rotatable bonds is 4. The Balaban J connectivity index is 2.95. The lowest BCUT2D eigenvalue weighted by atomic mass is 10.1. The van der Waals surface area contributed by atoms with Crippen LogP contribution in [-0.4, -0.2) is 51.6 Å². The number of esters is 1. The van der Waals surface area contributed by atoms with E-state index in [1.54, 1.807) is 44.2 Å². The van der Waals surface area contributed by atoms with Gasteiger partial charge in [0.25, 0.3) is 0 Å². The van der Waals surface area contributed by atoms with Gasteiger partial charge in [-0.15, -0.1) is 0 Å². The molecule has 0 spiro atoms. The quantitative estimate of drug-likeness (QED) is 0.636. The van der Waals surface area contributed by atoms with Crippen molar-refractivity contribution in [2.45, 2.75) is 0 Å². The molecule has 0 saturated heterocycles. The highest BCUT2D eigenvalue weighted by Crippen LogP contribution is 2.21. The van der Waals surface area contributed by atoms with Crippen molar-refractivity contribution in [3.8, 4) is 0 Å². The Morgan fingerprint density at radius 3 is 2.42 bits per heavy atom. The molecule has 104 valence electrons. The lowest BCUT2D eigenvalue weighted by molar-refractivity contribution is -0.127. The maximum absolute atomic E-state index is 11.6. The van der Waals surface area contributed by atoms with Crippen LogP contribution in [0.3, 0.4) is 0 Å². The molecule has 0 fully saturated rings. The van der Waals surface area contributed by atoms with Gasteiger partial charge in [-0.25, -0.2) is 4.79 Å². The summed E-state index contributed by atoms with van der Waals surface area (Å²) >= 11 is 0. The van der Waals surface area contributed by atoms with Crippen LogP contribution in [0.15, 0.2) is 18.2 Å². The molecule has 0 heterocycles. The van der Waals surface area contributed by atoms with Gasteiger partial charge in [-0.2, -0.15) is 0 Å². The third-order valence-corrected chi connectivity index (χ3v) is 2.75. The predicted octanol–water partition coefficient (Wildman–Crippen LogP) is 0.580. The fourth-order valence-corrected chi connectivity index (χ4v) is 1.50. The molecular formula is C13H19N3O3. The Morgan fingerprint density at radius 2 is 1.89 bits per heavy atom. The van der Waals surface area contributed by atoms with E-state index in [-0.39, 0.29) is 12.5 Å². The van der Waals surface area contributed by atoms with E-state index in [1.165, 1.54) is 12.0 Å². The van der Waals surface area contributed by atoms with Crippen LogP contribution in [0.4, 0.5) is 11.4 Å². The first-order chi connectivity index (χ1) is 8.86. The number of methoxy groups -OCH3 is 1. The molecule has 6 heteroatoms. The number of hydrogen-bond acceptors (Lipinski definition) is 5. The number of carbonyl (C=O) groups is 2. The number of likely N-dealkylation sites (N-methyl/N-ethyl adjacent to an activating group) is 2. The zero-order valence-corrected chi connectivity index (χ0v) is 11.6. The molecule has 0 radical (unpaired) electrons. The third-order valence-electron chi connectivity index (χ3n) is 2.75. The first kappa shape index (κ1) is 14.8. The Labute approximate surface area is 112 Å². The molecule has 0 aliphatic heterocycles. The van der Waals surface area contributed by atoms with Crippen LogP contribution < -0.4 is 10.6 Å². The SMILES string of the molecule is COC(=O)c1cc(N(C)CC(=O)N(C)C)ccc1N. The second-order valence-corrected chi connectivity index (χ2v) is 4.41. The normalized spacial score (nSPS) is 9.89. The van der Waals surface area contributed by atoms with E-state index in [2.05, 4.69) is 4.74 Å². The molecule has 0 aliphatic carbocycles. The molecule has 6 nitrogen and oxygen atoms in total. The summed E-state index contributed by atoms with van der Waals surface area (Å²) in [6, 6.07) is 4.99. The molecule has 1 aromatic carbocycles. The minimum Gasteiger partial charge on any atom is -0.465 e. The number of nitrogens with two attached hydrogens (primary N) is 1. The molecule has 1 aromatic rings. The summed E-state index contributed by atoms with van der Waals surface area (Å²) in [5, 5.41) is 0. The summed E-state index contributed by atoms with van der Waals surface area (Å²) in [4.78, 5) is 26.4. The second kappa shape index (κ2) is 6.08. The highest BCUT2D eigenvalue weighted by Gasteiger charge is 2.14. The van der Waals surface area contributed by atoms with Crippen molar-refractivity contribution >= 4 is 23.3 Å². The monoisotopic (exact) mass is 265 g/mol. The fraction of sp³-hybridized carbons (Fsp3) is 0.385. The summed E-state index contributed by atoms with van der Waals surface area (Å²) in [6.45, 7) is 0.220. The van der Waals surface area contributed by atoms with Gasteiger partial charge in [0, 0.05) is 32.5 Å². The van der Waals surface area contributed by atoms with Gasteiger partial charge >= 0.3 is 5.97 Å². The first-order valence-electron chi connectivity index (χ1n) is 5.76. The van der Waals surface area contributed by atoms with E-state index < -0.39 is 5.97 Å². The van der Waals surface area contributed by atoms with Gasteiger partial charge in [-0.1, -0.05) is 0 Å². The van der Waals surface area contributed by atoms with Crippen molar-refractivity contribution in [3.63, 3.8) is 0 Å². The van der Waals surface area contributed by atoms with Crippen molar-refractivity contribution in [2.24, 2.45) is 0 Å². The highest BCUT2D eigenvalue weighted by molar-refractivity contribution is 5.96. The summed E-state index contributed by atoms with van der Waals surface area (Å²) in [5.74, 6) is -0.523. The smallest absolute Gasteiger partial charge is 0.340 e. The van der Waals surface area contributed by atoms with E-state index in [1.807, 2.05) is 0 Å². The van der Waals surface area contributed by atoms with E-state index >= 15 is 0 Å². The van der Waals surface area contributed by atoms with Crippen molar-refractivity contribution < 1.29 is 14.3 Å². The van der Waals surface area contributed by atoms with Crippen LogP contribution in [0, 0.1) is 0 Å². The van der Waals surface area contributed by atoms with Gasteiger partial charge in [0.05, 0.1) is 19.2 Å². The van der Waals surface area contributed by atoms with Crippen LogP contribution in [-0.2, 0) is 9.53 Å². The largest absolute Gasteiger partial charge is 0.465 e. The molecule has 0 aromatic heterocycles. The predicted molar refractivity (Wildman–Crippen MR) is 74.2 cm³/mol. The van der Waals surface area contributed by atoms with E-state index in [4.69, 9.17) is 5.73 Å². The zero-order chi connectivity index (χ0) is 14.6. The summed E-state index contributed by atoms with van der Waals surface area (Å²) < 4.78 is 4.66. The number of nitrogens with zero attached hydrogens (tertiary/aromatic N) is 2. The Kier molecular flexibility index (Phi) is 4.74. The highest BCUT2D eigenvalue weighted by atomic mass is 16.5. The van der Waals surface area contributed by atoms with Crippen LogP contribution in [0.2, 0.25) is 0 Å². The minimum absolute atomic E-state index is 0.0288. The average Bonchev–Trinajstić information content (AvgIpc) is 2.37. The van der Waals surface area contributed by atoms with Crippen molar-refractivity contribution in [1.82, 2.24) is 4.90 Å². The number of anilines is 2. The molecule has 1 amide bonds. The Morgan fingerprint density at radius 1 is 1.26 bits per heavy atom. The molecule has 0 unspecified atom stereocenters. The van der Waals surface area contributed by atoms with Gasteiger partial charge in [0.15, 0.2) is 0 Å². The van der Waals surface area contributed by atoms with Crippen LogP contribution in [0.1, 0.15) is 10.4 Å². The number of carbonyl (C=O) groups excluding carboxylic acids is 2. The topological polar surface area (TPSA) is 75.9 Å². The summed E-state index contributed by atoms with van der Waals surface area (Å²) in [6.07, 6.45) is 0. The summed E-state index contributed by atoms with van der Waals surface area (Å²) in [7, 11) is 6.46. The van der Waals surface area contributed by atoms with E-state index in [0.717, 1.165) is 5.69 Å². The van der Waals surface area contributed by atoms with Crippen LogP contribution in [0.5, 0.6) is 0 Å². The van der Waals surface area contributed by atoms with E-state index in [9.17, 15) is 9.59 Å². The Hall–Kier alpha value is -2.24. The number of ether oxygens (including phenoxy) is 1. The molecule has 0 atom stereocenters. The summed E-state index contributed by atoms with van der Waals surface area (Å²) in [5.41, 5.74) is 7.09. The van der Waals surface area contributed by atoms with Gasteiger partial charge in [0.2, 0.25) is 5.91 Å². The fourth-order valence-electron chi connectivity index (χ4n) is 1.50.